The fraction of sp³-hybridized carbons (Fsp3) is 0.500. The molecule has 0 aromatic heterocycles. The van der Waals surface area contributed by atoms with E-state index in [1.54, 1.807) is 0 Å². The van der Waals surface area contributed by atoms with Gasteiger partial charge in [0.2, 0.25) is 0 Å². The molecule has 0 saturated carbocycles. The van der Waals surface area contributed by atoms with E-state index in [-0.39, 0.29) is 5.41 Å². The Morgan fingerprint density at radius 1 is 1.00 bits per heavy atom. The van der Waals surface area contributed by atoms with Gasteiger partial charge in [-0.3, -0.25) is 0 Å². The molecule has 0 aliphatic heterocycles. The SMILES string of the molecule is CCC1=C(c2ccc(N)cc2CC)C(CC)(CC)CC(N)=C1. The molecule has 0 spiro atoms. The second-order valence-corrected chi connectivity index (χ2v) is 6.41. The van der Waals surface area contributed by atoms with Gasteiger partial charge >= 0.3 is 0 Å². The van der Waals surface area contributed by atoms with Gasteiger partial charge < -0.3 is 11.5 Å². The van der Waals surface area contributed by atoms with Crippen LogP contribution < -0.4 is 11.5 Å². The molecule has 22 heavy (non-hydrogen) atoms. The largest absolute Gasteiger partial charge is 0.402 e. The lowest BCUT2D eigenvalue weighted by Gasteiger charge is -2.40. The Hall–Kier alpha value is -1.70. The van der Waals surface area contributed by atoms with Crippen LogP contribution >= 0.6 is 0 Å². The van der Waals surface area contributed by atoms with E-state index in [1.807, 2.05) is 6.07 Å². The highest BCUT2D eigenvalue weighted by Gasteiger charge is 2.36. The molecule has 0 radical (unpaired) electrons. The van der Waals surface area contributed by atoms with Crippen LogP contribution in [0.15, 0.2) is 35.5 Å². The lowest BCUT2D eigenvalue weighted by molar-refractivity contribution is 0.359. The van der Waals surface area contributed by atoms with Crippen molar-refractivity contribution in [2.75, 3.05) is 5.73 Å². The predicted molar refractivity (Wildman–Crippen MR) is 97.3 cm³/mol. The molecule has 2 heteroatoms. The molecule has 0 heterocycles. The summed E-state index contributed by atoms with van der Waals surface area (Å²) in [7, 11) is 0. The van der Waals surface area contributed by atoms with Crippen LogP contribution in [0.1, 0.15) is 64.5 Å². The van der Waals surface area contributed by atoms with Gasteiger partial charge in [0, 0.05) is 16.8 Å². The van der Waals surface area contributed by atoms with E-state index in [0.717, 1.165) is 43.5 Å². The molecule has 0 saturated heterocycles. The lowest BCUT2D eigenvalue weighted by Crippen LogP contribution is -2.28. The second kappa shape index (κ2) is 6.60. The Kier molecular flexibility index (Phi) is 5.00. The van der Waals surface area contributed by atoms with Crippen molar-refractivity contribution >= 4 is 11.3 Å². The van der Waals surface area contributed by atoms with Crippen LogP contribution in [-0.2, 0) is 6.42 Å². The number of anilines is 1. The molecule has 0 fully saturated rings. The molecular weight excluding hydrogens is 268 g/mol. The summed E-state index contributed by atoms with van der Waals surface area (Å²) in [5, 5.41) is 0. The minimum absolute atomic E-state index is 0.157. The first-order chi connectivity index (χ1) is 10.5. The molecule has 1 aliphatic rings. The second-order valence-electron chi connectivity index (χ2n) is 6.41. The molecule has 0 amide bonds. The van der Waals surface area contributed by atoms with Crippen LogP contribution in [0, 0.1) is 5.41 Å². The third-order valence-electron chi connectivity index (χ3n) is 5.27. The highest BCUT2D eigenvalue weighted by molar-refractivity contribution is 5.79. The van der Waals surface area contributed by atoms with Gasteiger partial charge in [-0.25, -0.2) is 0 Å². The smallest absolute Gasteiger partial charge is 0.0317 e. The van der Waals surface area contributed by atoms with Crippen LogP contribution in [0.4, 0.5) is 5.69 Å². The molecule has 0 unspecified atom stereocenters. The predicted octanol–water partition coefficient (Wildman–Crippen LogP) is 5.05. The molecule has 0 atom stereocenters. The first-order valence-corrected chi connectivity index (χ1v) is 8.59. The molecule has 1 aromatic carbocycles. The van der Waals surface area contributed by atoms with E-state index in [2.05, 4.69) is 45.9 Å². The molecule has 1 aliphatic carbocycles. The van der Waals surface area contributed by atoms with Crippen molar-refractivity contribution in [3.63, 3.8) is 0 Å². The van der Waals surface area contributed by atoms with Crippen LogP contribution in [0.5, 0.6) is 0 Å². The number of rotatable bonds is 5. The molecule has 4 N–H and O–H groups in total. The first kappa shape index (κ1) is 16.7. The van der Waals surface area contributed by atoms with Gasteiger partial charge in [-0.2, -0.15) is 0 Å². The monoisotopic (exact) mass is 298 g/mol. The summed E-state index contributed by atoms with van der Waals surface area (Å²) in [6.07, 6.45) is 7.42. The zero-order valence-corrected chi connectivity index (χ0v) is 14.5. The van der Waals surface area contributed by atoms with Gasteiger partial charge in [-0.05, 0) is 72.6 Å². The fourth-order valence-electron chi connectivity index (χ4n) is 3.91. The fourth-order valence-corrected chi connectivity index (χ4v) is 3.91. The van der Waals surface area contributed by atoms with E-state index in [9.17, 15) is 0 Å². The normalized spacial score (nSPS) is 17.5. The Bertz CT molecular complexity index is 604. The molecule has 2 nitrogen and oxygen atoms in total. The van der Waals surface area contributed by atoms with Crippen molar-refractivity contribution in [2.45, 2.75) is 59.8 Å². The molecule has 2 rings (SSSR count). The minimum atomic E-state index is 0.157. The summed E-state index contributed by atoms with van der Waals surface area (Å²) in [4.78, 5) is 0. The number of allylic oxidation sites excluding steroid dienone is 4. The van der Waals surface area contributed by atoms with Crippen molar-refractivity contribution in [3.05, 3.63) is 46.7 Å². The number of benzene rings is 1. The zero-order chi connectivity index (χ0) is 16.3. The van der Waals surface area contributed by atoms with E-state index in [1.165, 1.54) is 22.3 Å². The standard InChI is InChI=1S/C20H30N2/c1-5-14-11-16(21)9-10-18(14)19-15(6-2)12-17(22)13-20(19,7-3)8-4/h9-12H,5-8,13,21-22H2,1-4H3. The third-order valence-corrected chi connectivity index (χ3v) is 5.27. The van der Waals surface area contributed by atoms with E-state index in [4.69, 9.17) is 11.5 Å². The topological polar surface area (TPSA) is 52.0 Å². The molecule has 120 valence electrons. The highest BCUT2D eigenvalue weighted by Crippen LogP contribution is 2.51. The van der Waals surface area contributed by atoms with Crippen LogP contribution in [0.2, 0.25) is 0 Å². The Labute approximate surface area is 135 Å². The van der Waals surface area contributed by atoms with Gasteiger partial charge in [0.1, 0.15) is 0 Å². The maximum absolute atomic E-state index is 6.27. The highest BCUT2D eigenvalue weighted by atomic mass is 14.6. The van der Waals surface area contributed by atoms with Gasteiger partial charge in [0.25, 0.3) is 0 Å². The Balaban J connectivity index is 2.75. The summed E-state index contributed by atoms with van der Waals surface area (Å²) in [5.41, 5.74) is 19.9. The number of nitrogens with two attached hydrogens (primary N) is 2. The van der Waals surface area contributed by atoms with E-state index < -0.39 is 0 Å². The molecular formula is C20H30N2. The van der Waals surface area contributed by atoms with Gasteiger partial charge in [-0.15, -0.1) is 0 Å². The number of hydrogen-bond acceptors (Lipinski definition) is 2. The summed E-state index contributed by atoms with van der Waals surface area (Å²) in [6.45, 7) is 9.01. The van der Waals surface area contributed by atoms with Crippen molar-refractivity contribution in [3.8, 4) is 0 Å². The van der Waals surface area contributed by atoms with E-state index in [0.29, 0.717) is 0 Å². The number of aryl methyl sites for hydroxylation is 1. The zero-order valence-electron chi connectivity index (χ0n) is 14.5. The van der Waals surface area contributed by atoms with Crippen LogP contribution in [0.3, 0.4) is 0 Å². The summed E-state index contributed by atoms with van der Waals surface area (Å²) >= 11 is 0. The molecule has 1 aromatic rings. The maximum Gasteiger partial charge on any atom is 0.0317 e. The van der Waals surface area contributed by atoms with Gasteiger partial charge in [-0.1, -0.05) is 33.8 Å². The summed E-state index contributed by atoms with van der Waals surface area (Å²) in [6, 6.07) is 6.38. The van der Waals surface area contributed by atoms with Crippen molar-refractivity contribution in [1.29, 1.82) is 0 Å². The first-order valence-electron chi connectivity index (χ1n) is 8.59. The minimum Gasteiger partial charge on any atom is -0.402 e. The number of hydrogen-bond donors (Lipinski definition) is 2. The lowest BCUT2D eigenvalue weighted by atomic mass is 9.64. The number of nitrogen functional groups attached to an aromatic ring is 1. The maximum atomic E-state index is 6.27. The van der Waals surface area contributed by atoms with Crippen molar-refractivity contribution in [1.82, 2.24) is 0 Å². The van der Waals surface area contributed by atoms with Crippen molar-refractivity contribution < 1.29 is 0 Å². The summed E-state index contributed by atoms with van der Waals surface area (Å²) < 4.78 is 0. The molecule has 0 bridgehead atoms. The van der Waals surface area contributed by atoms with Crippen LogP contribution in [0.25, 0.3) is 5.57 Å². The Morgan fingerprint density at radius 3 is 2.23 bits per heavy atom. The van der Waals surface area contributed by atoms with Gasteiger partial charge in [0.15, 0.2) is 0 Å². The Morgan fingerprint density at radius 2 is 1.68 bits per heavy atom. The third kappa shape index (κ3) is 2.79. The average molecular weight is 298 g/mol. The van der Waals surface area contributed by atoms with E-state index >= 15 is 0 Å². The quantitative estimate of drug-likeness (QED) is 0.748. The van der Waals surface area contributed by atoms with Crippen molar-refractivity contribution in [2.24, 2.45) is 11.1 Å². The van der Waals surface area contributed by atoms with Crippen LogP contribution in [-0.4, -0.2) is 0 Å². The van der Waals surface area contributed by atoms with Gasteiger partial charge in [0.05, 0.1) is 0 Å². The average Bonchev–Trinajstić information content (AvgIpc) is 2.54. The summed E-state index contributed by atoms with van der Waals surface area (Å²) in [5.74, 6) is 0.